The van der Waals surface area contributed by atoms with E-state index in [4.69, 9.17) is 16.3 Å². The molecule has 0 radical (unpaired) electrons. The lowest BCUT2D eigenvalue weighted by Crippen LogP contribution is -2.20. The van der Waals surface area contributed by atoms with E-state index in [0.717, 1.165) is 16.7 Å². The first-order valence-corrected chi connectivity index (χ1v) is 10.1. The number of amides is 1. The monoisotopic (exact) mass is 420 g/mol. The maximum absolute atomic E-state index is 12.2. The Kier molecular flexibility index (Phi) is 7.26. The van der Waals surface area contributed by atoms with Crippen LogP contribution in [-0.4, -0.2) is 12.1 Å². The number of hydrazone groups is 1. The first-order chi connectivity index (χ1) is 14.4. The zero-order chi connectivity index (χ0) is 21.5. The molecule has 0 saturated carbocycles. The van der Waals surface area contributed by atoms with Crippen molar-refractivity contribution in [3.63, 3.8) is 0 Å². The maximum Gasteiger partial charge on any atom is 0.244 e. The number of ether oxygens (including phenoxy) is 1. The van der Waals surface area contributed by atoms with E-state index in [9.17, 15) is 4.79 Å². The number of hydrogen-bond acceptors (Lipinski definition) is 3. The zero-order valence-corrected chi connectivity index (χ0v) is 18.2. The van der Waals surface area contributed by atoms with Gasteiger partial charge in [0.25, 0.3) is 0 Å². The molecule has 1 N–H and O–H groups in total. The molecule has 0 spiro atoms. The topological polar surface area (TPSA) is 50.7 Å². The molecule has 0 aliphatic heterocycles. The van der Waals surface area contributed by atoms with Gasteiger partial charge >= 0.3 is 0 Å². The molecule has 154 valence electrons. The Morgan fingerprint density at radius 3 is 2.47 bits per heavy atom. The highest BCUT2D eigenvalue weighted by Gasteiger charge is 2.07. The van der Waals surface area contributed by atoms with E-state index in [2.05, 4.69) is 16.6 Å². The summed E-state index contributed by atoms with van der Waals surface area (Å²) in [5.41, 5.74) is 8.80. The maximum atomic E-state index is 12.2. The second kappa shape index (κ2) is 10.1. The van der Waals surface area contributed by atoms with Gasteiger partial charge in [0.05, 0.1) is 12.6 Å². The Morgan fingerprint density at radius 2 is 1.73 bits per heavy atom. The summed E-state index contributed by atoms with van der Waals surface area (Å²) in [7, 11) is 0. The van der Waals surface area contributed by atoms with Crippen molar-refractivity contribution in [2.45, 2.75) is 33.8 Å². The van der Waals surface area contributed by atoms with Crippen molar-refractivity contribution >= 4 is 23.7 Å². The quantitative estimate of drug-likeness (QED) is 0.403. The lowest BCUT2D eigenvalue weighted by atomic mass is 10.0. The molecule has 3 rings (SSSR count). The molecule has 0 unspecified atom stereocenters. The van der Waals surface area contributed by atoms with Crippen molar-refractivity contribution in [3.8, 4) is 5.75 Å². The minimum absolute atomic E-state index is 0.178. The van der Waals surface area contributed by atoms with Gasteiger partial charge in [0.2, 0.25) is 5.91 Å². The summed E-state index contributed by atoms with van der Waals surface area (Å²) >= 11 is 6.13. The summed E-state index contributed by atoms with van der Waals surface area (Å²) in [4.78, 5) is 12.2. The van der Waals surface area contributed by atoms with Crippen LogP contribution >= 0.6 is 11.6 Å². The zero-order valence-electron chi connectivity index (χ0n) is 17.4. The molecule has 0 aliphatic carbocycles. The van der Waals surface area contributed by atoms with E-state index in [1.54, 1.807) is 24.4 Å². The fourth-order valence-electron chi connectivity index (χ4n) is 3.03. The summed E-state index contributed by atoms with van der Waals surface area (Å²) < 4.78 is 5.94. The van der Waals surface area contributed by atoms with E-state index in [0.29, 0.717) is 22.9 Å². The summed E-state index contributed by atoms with van der Waals surface area (Å²) in [5, 5.41) is 4.66. The van der Waals surface area contributed by atoms with E-state index >= 15 is 0 Å². The standard InChI is InChI=1S/C25H25ClN2O2/c1-17-4-7-20(8-5-17)16-30-24-11-10-23(26)13-22(24)15-27-28-25(29)14-21-9-6-18(2)12-19(21)3/h4-13,15H,14,16H2,1-3H3,(H,28,29)/b27-15-. The predicted octanol–water partition coefficient (Wildman–Crippen LogP) is 5.54. The molecule has 4 nitrogen and oxygen atoms in total. The van der Waals surface area contributed by atoms with Crippen LogP contribution in [0, 0.1) is 20.8 Å². The van der Waals surface area contributed by atoms with Crippen LogP contribution in [0.25, 0.3) is 0 Å². The fraction of sp³-hybridized carbons (Fsp3) is 0.200. The molecule has 0 aromatic heterocycles. The fourth-order valence-corrected chi connectivity index (χ4v) is 3.21. The molecule has 3 aromatic rings. The lowest BCUT2D eigenvalue weighted by Gasteiger charge is -2.10. The number of carbonyl (C=O) groups is 1. The van der Waals surface area contributed by atoms with Crippen molar-refractivity contribution in [2.24, 2.45) is 5.10 Å². The van der Waals surface area contributed by atoms with Gasteiger partial charge in [0.15, 0.2) is 0 Å². The number of halogens is 1. The van der Waals surface area contributed by atoms with Crippen LogP contribution in [0.3, 0.4) is 0 Å². The summed E-state index contributed by atoms with van der Waals surface area (Å²) in [6, 6.07) is 19.5. The Hall–Kier alpha value is -3.11. The second-order valence-electron chi connectivity index (χ2n) is 7.36. The van der Waals surface area contributed by atoms with Gasteiger partial charge in [0.1, 0.15) is 12.4 Å². The van der Waals surface area contributed by atoms with Crippen LogP contribution in [0.4, 0.5) is 0 Å². The van der Waals surface area contributed by atoms with Crippen molar-refractivity contribution in [1.82, 2.24) is 5.43 Å². The van der Waals surface area contributed by atoms with Crippen molar-refractivity contribution in [2.75, 3.05) is 0 Å². The van der Waals surface area contributed by atoms with Crippen LogP contribution in [0.15, 0.2) is 65.8 Å². The van der Waals surface area contributed by atoms with Gasteiger partial charge in [-0.25, -0.2) is 5.43 Å². The molecule has 0 saturated heterocycles. The number of benzene rings is 3. The molecule has 0 fully saturated rings. The SMILES string of the molecule is Cc1ccc(COc2ccc(Cl)cc2/C=N\NC(=O)Cc2ccc(C)cc2C)cc1. The first kappa shape index (κ1) is 21.6. The summed E-state index contributed by atoms with van der Waals surface area (Å²) in [6.07, 6.45) is 1.83. The highest BCUT2D eigenvalue weighted by molar-refractivity contribution is 6.30. The number of aryl methyl sites for hydroxylation is 3. The number of nitrogens with one attached hydrogen (secondary N) is 1. The lowest BCUT2D eigenvalue weighted by molar-refractivity contribution is -0.120. The van der Waals surface area contributed by atoms with Crippen LogP contribution in [0.2, 0.25) is 5.02 Å². The number of carbonyl (C=O) groups excluding carboxylic acids is 1. The van der Waals surface area contributed by atoms with Crippen molar-refractivity contribution in [3.05, 3.63) is 99.1 Å². The molecule has 0 bridgehead atoms. The molecular formula is C25H25ClN2O2. The van der Waals surface area contributed by atoms with Crippen molar-refractivity contribution < 1.29 is 9.53 Å². The van der Waals surface area contributed by atoms with E-state index < -0.39 is 0 Å². The van der Waals surface area contributed by atoms with Gasteiger partial charge in [0, 0.05) is 10.6 Å². The molecule has 0 atom stereocenters. The normalized spacial score (nSPS) is 10.9. The van der Waals surface area contributed by atoms with Crippen LogP contribution < -0.4 is 10.2 Å². The second-order valence-corrected chi connectivity index (χ2v) is 7.79. The molecular weight excluding hydrogens is 396 g/mol. The average molecular weight is 421 g/mol. The highest BCUT2D eigenvalue weighted by Crippen LogP contribution is 2.22. The molecule has 0 aliphatic rings. The smallest absolute Gasteiger partial charge is 0.244 e. The van der Waals surface area contributed by atoms with Gasteiger partial charge in [-0.2, -0.15) is 5.10 Å². The van der Waals surface area contributed by atoms with Crippen LogP contribution in [-0.2, 0) is 17.8 Å². The Labute approximate surface area is 182 Å². The minimum atomic E-state index is -0.178. The third kappa shape index (κ3) is 6.19. The number of nitrogens with zero attached hydrogens (tertiary/aromatic N) is 1. The Morgan fingerprint density at radius 1 is 1.00 bits per heavy atom. The van der Waals surface area contributed by atoms with E-state index in [-0.39, 0.29) is 12.3 Å². The summed E-state index contributed by atoms with van der Waals surface area (Å²) in [5.74, 6) is 0.467. The molecule has 1 amide bonds. The molecule has 0 heterocycles. The van der Waals surface area contributed by atoms with Gasteiger partial charge in [-0.15, -0.1) is 0 Å². The third-order valence-corrected chi connectivity index (χ3v) is 4.96. The predicted molar refractivity (Wildman–Crippen MR) is 122 cm³/mol. The Balaban J connectivity index is 1.63. The number of hydrogen-bond donors (Lipinski definition) is 1. The molecule has 5 heteroatoms. The highest BCUT2D eigenvalue weighted by atomic mass is 35.5. The molecule has 3 aromatic carbocycles. The van der Waals surface area contributed by atoms with Gasteiger partial charge in [-0.1, -0.05) is 65.2 Å². The van der Waals surface area contributed by atoms with Crippen molar-refractivity contribution in [1.29, 1.82) is 0 Å². The average Bonchev–Trinajstić information content (AvgIpc) is 2.71. The van der Waals surface area contributed by atoms with Gasteiger partial charge < -0.3 is 4.74 Å². The third-order valence-electron chi connectivity index (χ3n) is 4.73. The summed E-state index contributed by atoms with van der Waals surface area (Å²) in [6.45, 7) is 6.52. The largest absolute Gasteiger partial charge is 0.488 e. The van der Waals surface area contributed by atoms with E-state index in [1.807, 2.05) is 57.2 Å². The number of rotatable bonds is 7. The Bertz CT molecular complexity index is 1060. The molecule has 30 heavy (non-hydrogen) atoms. The first-order valence-electron chi connectivity index (χ1n) is 9.76. The van der Waals surface area contributed by atoms with Gasteiger partial charge in [-0.05, 0) is 55.7 Å². The van der Waals surface area contributed by atoms with Gasteiger partial charge in [-0.3, -0.25) is 4.79 Å². The van der Waals surface area contributed by atoms with Crippen LogP contribution in [0.5, 0.6) is 5.75 Å². The van der Waals surface area contributed by atoms with E-state index in [1.165, 1.54) is 11.1 Å². The van der Waals surface area contributed by atoms with Crippen LogP contribution in [0.1, 0.15) is 33.4 Å². The minimum Gasteiger partial charge on any atom is -0.488 e.